The van der Waals surface area contributed by atoms with Crippen LogP contribution in [0.25, 0.3) is 0 Å². The van der Waals surface area contributed by atoms with Crippen LogP contribution in [0.2, 0.25) is 0 Å². The lowest BCUT2D eigenvalue weighted by molar-refractivity contribution is -0.142. The zero-order valence-corrected chi connectivity index (χ0v) is 14.5. The number of hydrogen-bond donors (Lipinski definition) is 1. The number of fused-ring (bicyclic) bond motifs is 1. The Labute approximate surface area is 151 Å². The number of para-hydroxylation sites is 1. The normalized spacial score (nSPS) is 16.5. The van der Waals surface area contributed by atoms with E-state index in [0.29, 0.717) is 11.4 Å². The van der Waals surface area contributed by atoms with Gasteiger partial charge in [-0.2, -0.15) is 0 Å². The number of ether oxygens (including phenoxy) is 1. The van der Waals surface area contributed by atoms with E-state index >= 15 is 0 Å². The minimum absolute atomic E-state index is 0.224. The Morgan fingerprint density at radius 2 is 1.85 bits per heavy atom. The number of esters is 1. The molecule has 1 amide bonds. The van der Waals surface area contributed by atoms with Crippen molar-refractivity contribution >= 4 is 23.3 Å². The van der Waals surface area contributed by atoms with Crippen LogP contribution in [0.15, 0.2) is 59.6 Å². The predicted octanol–water partition coefficient (Wildman–Crippen LogP) is 1.79. The zero-order valence-electron chi connectivity index (χ0n) is 14.5. The summed E-state index contributed by atoms with van der Waals surface area (Å²) >= 11 is 0. The molecule has 26 heavy (non-hydrogen) atoms. The molecule has 2 aromatic rings. The van der Waals surface area contributed by atoms with Gasteiger partial charge in [-0.3, -0.25) is 19.5 Å². The Kier molecular flexibility index (Phi) is 5.43. The first-order chi connectivity index (χ1) is 12.7. The summed E-state index contributed by atoms with van der Waals surface area (Å²) in [5.74, 6) is -0.936. The number of anilines is 1. The quantitative estimate of drug-likeness (QED) is 0.832. The third kappa shape index (κ3) is 3.50. The van der Waals surface area contributed by atoms with Gasteiger partial charge in [0.2, 0.25) is 0 Å². The summed E-state index contributed by atoms with van der Waals surface area (Å²) in [6.07, 6.45) is 0. The molecule has 0 fully saturated rings. The van der Waals surface area contributed by atoms with Gasteiger partial charge in [0.05, 0.1) is 24.6 Å². The van der Waals surface area contributed by atoms with Crippen LogP contribution >= 0.6 is 0 Å². The van der Waals surface area contributed by atoms with Crippen LogP contribution in [-0.4, -0.2) is 48.5 Å². The molecule has 1 aliphatic rings. The zero-order chi connectivity index (χ0) is 18.5. The fraction of sp³-hybridized carbons (Fsp3) is 0.250. The molecule has 0 spiro atoms. The number of aliphatic hydroxyl groups is 1. The number of carbonyl (C=O) groups excluding carboxylic acids is 2. The van der Waals surface area contributed by atoms with Crippen molar-refractivity contribution in [2.24, 2.45) is 4.99 Å². The molecule has 1 N–H and O–H groups in total. The maximum atomic E-state index is 12.9. The van der Waals surface area contributed by atoms with Crippen molar-refractivity contribution < 1.29 is 19.4 Å². The van der Waals surface area contributed by atoms with E-state index in [1.807, 2.05) is 42.5 Å². The molecule has 0 saturated carbocycles. The largest absolute Gasteiger partial charge is 0.465 e. The Morgan fingerprint density at radius 1 is 1.15 bits per heavy atom. The van der Waals surface area contributed by atoms with Crippen LogP contribution in [-0.2, 0) is 14.3 Å². The third-order valence-electron chi connectivity index (χ3n) is 4.10. The second-order valence-corrected chi connectivity index (χ2v) is 5.79. The van der Waals surface area contributed by atoms with Gasteiger partial charge in [-0.05, 0) is 13.0 Å². The summed E-state index contributed by atoms with van der Waals surface area (Å²) < 4.78 is 5.00. The van der Waals surface area contributed by atoms with Crippen LogP contribution in [0, 0.1) is 0 Å². The van der Waals surface area contributed by atoms with Crippen LogP contribution < -0.4 is 4.90 Å². The fourth-order valence-electron chi connectivity index (χ4n) is 2.93. The highest BCUT2D eigenvalue weighted by Gasteiger charge is 2.32. The molecule has 0 aromatic heterocycles. The van der Waals surface area contributed by atoms with Crippen LogP contribution in [0.3, 0.4) is 0 Å². The number of aliphatic imine (C=N–C) groups is 1. The Hall–Kier alpha value is -2.99. The Balaban J connectivity index is 2.12. The van der Waals surface area contributed by atoms with Crippen LogP contribution in [0.4, 0.5) is 5.69 Å². The molecule has 0 saturated heterocycles. The molecule has 134 valence electrons. The second-order valence-electron chi connectivity index (χ2n) is 5.79. The summed E-state index contributed by atoms with van der Waals surface area (Å²) in [5.41, 5.74) is 2.75. The van der Waals surface area contributed by atoms with Gasteiger partial charge in [0, 0.05) is 11.1 Å². The highest BCUT2D eigenvalue weighted by atomic mass is 16.5. The summed E-state index contributed by atoms with van der Waals surface area (Å²) in [6.45, 7) is 1.28. The number of benzene rings is 2. The highest BCUT2D eigenvalue weighted by Crippen LogP contribution is 2.28. The van der Waals surface area contributed by atoms with Crippen molar-refractivity contribution in [2.45, 2.75) is 13.0 Å². The number of aliphatic hydroxyl groups excluding tert-OH is 1. The number of hydrogen-bond acceptors (Lipinski definition) is 5. The van der Waals surface area contributed by atoms with Gasteiger partial charge in [0.15, 0.2) is 6.04 Å². The number of nitrogens with zero attached hydrogens (tertiary/aromatic N) is 2. The van der Waals surface area contributed by atoms with Gasteiger partial charge in [-0.15, -0.1) is 0 Å². The Bertz CT molecular complexity index is 833. The molecule has 0 bridgehead atoms. The topological polar surface area (TPSA) is 79.2 Å². The smallest absolute Gasteiger partial charge is 0.326 e. The van der Waals surface area contributed by atoms with E-state index in [9.17, 15) is 14.7 Å². The number of amides is 1. The lowest BCUT2D eigenvalue weighted by Gasteiger charge is -2.23. The van der Waals surface area contributed by atoms with Gasteiger partial charge in [-0.1, -0.05) is 48.5 Å². The summed E-state index contributed by atoms with van der Waals surface area (Å²) in [5, 5.41) is 9.71. The Morgan fingerprint density at radius 3 is 2.54 bits per heavy atom. The maximum absolute atomic E-state index is 12.9. The van der Waals surface area contributed by atoms with E-state index in [1.54, 1.807) is 19.1 Å². The number of benzodiazepines with no additional fused rings is 1. The van der Waals surface area contributed by atoms with Crippen molar-refractivity contribution in [1.82, 2.24) is 0 Å². The molecular weight excluding hydrogens is 332 g/mol. The standard InChI is InChI=1S/C20H20N2O4/c1-2-26-18(24)12-22-17-11-7-6-10-15(17)19(14-8-4-3-5-9-14)21-16(13-23)20(22)25/h3-11,16,23H,2,12-13H2,1H3/t16-/m1/s1. The van der Waals surface area contributed by atoms with Gasteiger partial charge in [0.1, 0.15) is 6.54 Å². The molecule has 1 aliphatic heterocycles. The average molecular weight is 352 g/mol. The monoisotopic (exact) mass is 352 g/mol. The van der Waals surface area contributed by atoms with Gasteiger partial charge >= 0.3 is 5.97 Å². The molecule has 0 radical (unpaired) electrons. The molecular formula is C20H20N2O4. The maximum Gasteiger partial charge on any atom is 0.326 e. The van der Waals surface area contributed by atoms with Crippen molar-refractivity contribution in [3.8, 4) is 0 Å². The SMILES string of the molecule is CCOC(=O)CN1C(=O)[C@@H](CO)N=C(c2ccccc2)c2ccccc21. The number of carbonyl (C=O) groups is 2. The molecule has 6 heteroatoms. The van der Waals surface area contributed by atoms with E-state index in [2.05, 4.69) is 4.99 Å². The number of rotatable bonds is 5. The van der Waals surface area contributed by atoms with E-state index in [-0.39, 0.29) is 13.2 Å². The van der Waals surface area contributed by atoms with Gasteiger partial charge < -0.3 is 9.84 Å². The lowest BCUT2D eigenvalue weighted by Crippen LogP contribution is -2.43. The van der Waals surface area contributed by atoms with Crippen molar-refractivity contribution in [3.05, 3.63) is 65.7 Å². The minimum Gasteiger partial charge on any atom is -0.465 e. The van der Waals surface area contributed by atoms with Crippen molar-refractivity contribution in [2.75, 3.05) is 24.7 Å². The average Bonchev–Trinajstić information content (AvgIpc) is 2.78. The van der Waals surface area contributed by atoms with Crippen LogP contribution in [0.1, 0.15) is 18.1 Å². The molecule has 1 heterocycles. The molecule has 0 unspecified atom stereocenters. The highest BCUT2D eigenvalue weighted by molar-refractivity contribution is 6.20. The second kappa shape index (κ2) is 7.93. The molecule has 1 atom stereocenters. The first-order valence-corrected chi connectivity index (χ1v) is 8.46. The molecule has 2 aromatic carbocycles. The summed E-state index contributed by atoms with van der Waals surface area (Å²) in [7, 11) is 0. The first kappa shape index (κ1) is 17.8. The summed E-state index contributed by atoms with van der Waals surface area (Å²) in [6, 6.07) is 15.8. The summed E-state index contributed by atoms with van der Waals surface area (Å²) in [4.78, 5) is 30.8. The van der Waals surface area contributed by atoms with E-state index in [1.165, 1.54) is 4.90 Å². The van der Waals surface area contributed by atoms with Gasteiger partial charge in [0.25, 0.3) is 5.91 Å². The predicted molar refractivity (Wildman–Crippen MR) is 98.4 cm³/mol. The molecule has 0 aliphatic carbocycles. The van der Waals surface area contributed by atoms with Crippen LogP contribution in [0.5, 0.6) is 0 Å². The fourth-order valence-corrected chi connectivity index (χ4v) is 2.93. The third-order valence-corrected chi connectivity index (χ3v) is 4.10. The van der Waals surface area contributed by atoms with Gasteiger partial charge in [-0.25, -0.2) is 0 Å². The van der Waals surface area contributed by atoms with Crippen molar-refractivity contribution in [1.29, 1.82) is 0 Å². The lowest BCUT2D eigenvalue weighted by atomic mass is 10.0. The van der Waals surface area contributed by atoms with E-state index < -0.39 is 24.5 Å². The molecule has 6 nitrogen and oxygen atoms in total. The minimum atomic E-state index is -0.980. The van der Waals surface area contributed by atoms with Crippen molar-refractivity contribution in [3.63, 3.8) is 0 Å². The van der Waals surface area contributed by atoms with E-state index in [0.717, 1.165) is 11.1 Å². The molecule has 3 rings (SSSR count). The van der Waals surface area contributed by atoms with E-state index in [4.69, 9.17) is 4.74 Å². The first-order valence-electron chi connectivity index (χ1n) is 8.46.